The monoisotopic (exact) mass is 418 g/mol. The number of hydrogen-bond acceptors (Lipinski definition) is 6. The second kappa shape index (κ2) is 8.40. The number of esters is 1. The van der Waals surface area contributed by atoms with Crippen molar-refractivity contribution in [2.45, 2.75) is 20.0 Å². The fourth-order valence-corrected chi connectivity index (χ4v) is 2.80. The van der Waals surface area contributed by atoms with Crippen molar-refractivity contribution in [2.75, 3.05) is 24.4 Å². The molecule has 1 unspecified atom stereocenters. The van der Waals surface area contributed by atoms with Crippen molar-refractivity contribution < 1.29 is 28.6 Å². The third-order valence-electron chi connectivity index (χ3n) is 4.24. The van der Waals surface area contributed by atoms with Gasteiger partial charge in [0.1, 0.15) is 11.5 Å². The smallest absolute Gasteiger partial charge is 0.339 e. The molecule has 2 amide bonds. The molecule has 0 aliphatic carbocycles. The zero-order valence-electron chi connectivity index (χ0n) is 16.0. The van der Waals surface area contributed by atoms with Crippen molar-refractivity contribution in [2.24, 2.45) is 0 Å². The zero-order valence-corrected chi connectivity index (χ0v) is 16.8. The molecule has 2 N–H and O–H groups in total. The second-order valence-electron chi connectivity index (χ2n) is 6.39. The maximum atomic E-state index is 12.5. The Balaban J connectivity index is 1.68. The van der Waals surface area contributed by atoms with Gasteiger partial charge in [0.25, 0.3) is 11.8 Å². The van der Waals surface area contributed by atoms with Crippen LogP contribution >= 0.6 is 11.6 Å². The van der Waals surface area contributed by atoms with E-state index in [0.717, 1.165) is 5.56 Å². The molecule has 29 heavy (non-hydrogen) atoms. The molecule has 0 bridgehead atoms. The quantitative estimate of drug-likeness (QED) is 0.723. The Morgan fingerprint density at radius 3 is 2.76 bits per heavy atom. The lowest BCUT2D eigenvalue weighted by molar-refractivity contribution is -0.123. The molecule has 1 atom stereocenters. The number of fused-ring (bicyclic) bond motifs is 1. The fraction of sp³-hybridized carbons (Fsp3) is 0.250. The number of carbonyl (C=O) groups is 3. The topological polar surface area (TPSA) is 103 Å². The second-order valence-corrected chi connectivity index (χ2v) is 6.79. The average molecular weight is 419 g/mol. The van der Waals surface area contributed by atoms with Crippen LogP contribution in [0, 0.1) is 6.92 Å². The number of ether oxygens (including phenoxy) is 3. The highest BCUT2D eigenvalue weighted by atomic mass is 35.5. The van der Waals surface area contributed by atoms with E-state index < -0.39 is 18.0 Å². The van der Waals surface area contributed by atoms with Gasteiger partial charge in [-0.25, -0.2) is 4.79 Å². The van der Waals surface area contributed by atoms with Crippen LogP contribution in [0.3, 0.4) is 0 Å². The summed E-state index contributed by atoms with van der Waals surface area (Å²) in [6.07, 6.45) is -1.07. The van der Waals surface area contributed by atoms with Gasteiger partial charge >= 0.3 is 5.97 Å². The number of nitrogens with one attached hydrogen (secondary N) is 2. The van der Waals surface area contributed by atoms with Crippen LogP contribution in [0.15, 0.2) is 30.3 Å². The summed E-state index contributed by atoms with van der Waals surface area (Å²) < 4.78 is 15.8. The largest absolute Gasteiger partial charge is 0.495 e. The Hall–Kier alpha value is -3.26. The van der Waals surface area contributed by atoms with Gasteiger partial charge in [-0.15, -0.1) is 0 Å². The van der Waals surface area contributed by atoms with E-state index in [1.54, 1.807) is 19.1 Å². The molecule has 2 aromatic rings. The standard InChI is InChI=1S/C20H19ClN2O6/c1-10-6-15(16(27-3)8-13(10)21)23-19(25)11(2)29-20(26)12-4-5-14-17(7-12)28-9-18(24)22-14/h4-8,11H,9H2,1-3H3,(H,22,24)(H,23,25). The first-order valence-corrected chi connectivity index (χ1v) is 9.09. The Labute approximate surface area is 172 Å². The van der Waals surface area contributed by atoms with Gasteiger partial charge < -0.3 is 24.8 Å². The van der Waals surface area contributed by atoms with E-state index in [0.29, 0.717) is 27.9 Å². The summed E-state index contributed by atoms with van der Waals surface area (Å²) in [4.78, 5) is 36.2. The lowest BCUT2D eigenvalue weighted by atomic mass is 10.1. The Morgan fingerprint density at radius 2 is 2.03 bits per heavy atom. The molecule has 2 aromatic carbocycles. The lowest BCUT2D eigenvalue weighted by Crippen LogP contribution is -2.30. The minimum absolute atomic E-state index is 0.132. The number of hydrogen-bond donors (Lipinski definition) is 2. The molecule has 9 heteroatoms. The first-order chi connectivity index (χ1) is 13.8. The molecule has 0 aromatic heterocycles. The molecule has 3 rings (SSSR count). The van der Waals surface area contributed by atoms with Crippen molar-refractivity contribution >= 4 is 40.8 Å². The van der Waals surface area contributed by atoms with Gasteiger partial charge in [0.15, 0.2) is 12.7 Å². The van der Waals surface area contributed by atoms with Crippen LogP contribution in [-0.2, 0) is 14.3 Å². The van der Waals surface area contributed by atoms with Crippen molar-refractivity contribution in [1.82, 2.24) is 0 Å². The maximum absolute atomic E-state index is 12.5. The number of benzene rings is 2. The molecular formula is C20H19ClN2O6. The molecule has 8 nitrogen and oxygen atoms in total. The van der Waals surface area contributed by atoms with Crippen molar-refractivity contribution in [3.63, 3.8) is 0 Å². The maximum Gasteiger partial charge on any atom is 0.339 e. The van der Waals surface area contributed by atoms with Crippen molar-refractivity contribution in [3.05, 3.63) is 46.5 Å². The third kappa shape index (κ3) is 4.60. The van der Waals surface area contributed by atoms with Crippen LogP contribution in [0.4, 0.5) is 11.4 Å². The van der Waals surface area contributed by atoms with Gasteiger partial charge in [0, 0.05) is 11.1 Å². The number of anilines is 2. The number of rotatable bonds is 5. The van der Waals surface area contributed by atoms with Gasteiger partial charge in [-0.05, 0) is 43.7 Å². The van der Waals surface area contributed by atoms with Crippen LogP contribution < -0.4 is 20.1 Å². The van der Waals surface area contributed by atoms with Crippen LogP contribution in [-0.4, -0.2) is 37.6 Å². The Kier molecular flexibility index (Phi) is 5.93. The highest BCUT2D eigenvalue weighted by Gasteiger charge is 2.23. The first-order valence-electron chi connectivity index (χ1n) is 8.71. The number of methoxy groups -OCH3 is 1. The molecule has 152 valence electrons. The fourth-order valence-electron chi connectivity index (χ4n) is 2.65. The predicted molar refractivity (Wildman–Crippen MR) is 107 cm³/mol. The molecule has 0 saturated heterocycles. The molecule has 1 aliphatic rings. The number of aryl methyl sites for hydroxylation is 1. The number of amides is 2. The first kappa shape index (κ1) is 20.5. The van der Waals surface area contributed by atoms with E-state index in [2.05, 4.69) is 10.6 Å². The van der Waals surface area contributed by atoms with Crippen LogP contribution in [0.1, 0.15) is 22.8 Å². The van der Waals surface area contributed by atoms with E-state index in [-0.39, 0.29) is 18.1 Å². The Morgan fingerprint density at radius 1 is 1.28 bits per heavy atom. The van der Waals surface area contributed by atoms with Crippen LogP contribution in [0.2, 0.25) is 5.02 Å². The van der Waals surface area contributed by atoms with Gasteiger partial charge in [0.05, 0.1) is 24.0 Å². The Bertz CT molecular complexity index is 991. The van der Waals surface area contributed by atoms with Gasteiger partial charge in [0.2, 0.25) is 0 Å². The zero-order chi connectivity index (χ0) is 21.1. The minimum atomic E-state index is -1.07. The van der Waals surface area contributed by atoms with Crippen molar-refractivity contribution in [3.8, 4) is 11.5 Å². The van der Waals surface area contributed by atoms with E-state index in [9.17, 15) is 14.4 Å². The summed E-state index contributed by atoms with van der Waals surface area (Å²) in [6, 6.07) is 7.73. The third-order valence-corrected chi connectivity index (χ3v) is 4.65. The SMILES string of the molecule is COc1cc(Cl)c(C)cc1NC(=O)C(C)OC(=O)c1ccc2c(c1)OCC(=O)N2. The van der Waals surface area contributed by atoms with Gasteiger partial charge in [-0.3, -0.25) is 9.59 Å². The highest BCUT2D eigenvalue weighted by Crippen LogP contribution is 2.31. The molecule has 1 aliphatic heterocycles. The van der Waals surface area contributed by atoms with Crippen LogP contribution in [0.5, 0.6) is 11.5 Å². The van der Waals surface area contributed by atoms with Crippen molar-refractivity contribution in [1.29, 1.82) is 0 Å². The summed E-state index contributed by atoms with van der Waals surface area (Å²) in [5, 5.41) is 5.80. The van der Waals surface area contributed by atoms with Gasteiger partial charge in [-0.2, -0.15) is 0 Å². The molecule has 0 radical (unpaired) electrons. The number of carbonyl (C=O) groups excluding carboxylic acids is 3. The highest BCUT2D eigenvalue weighted by molar-refractivity contribution is 6.31. The lowest BCUT2D eigenvalue weighted by Gasteiger charge is -2.19. The molecule has 0 spiro atoms. The van der Waals surface area contributed by atoms with Crippen LogP contribution in [0.25, 0.3) is 0 Å². The molecular weight excluding hydrogens is 400 g/mol. The summed E-state index contributed by atoms with van der Waals surface area (Å²) in [6.45, 7) is 3.12. The van der Waals surface area contributed by atoms with E-state index in [1.807, 2.05) is 0 Å². The molecule has 0 saturated carbocycles. The molecule has 1 heterocycles. The summed E-state index contributed by atoms with van der Waals surface area (Å²) >= 11 is 6.06. The average Bonchev–Trinajstić information content (AvgIpc) is 2.69. The minimum Gasteiger partial charge on any atom is -0.495 e. The summed E-state index contributed by atoms with van der Waals surface area (Å²) in [5.74, 6) is -0.750. The van der Waals surface area contributed by atoms with E-state index in [4.69, 9.17) is 25.8 Å². The normalized spacial score (nSPS) is 13.4. The number of halogens is 1. The van der Waals surface area contributed by atoms with E-state index >= 15 is 0 Å². The summed E-state index contributed by atoms with van der Waals surface area (Å²) in [5.41, 5.74) is 1.84. The predicted octanol–water partition coefficient (Wildman–Crippen LogP) is 3.17. The van der Waals surface area contributed by atoms with E-state index in [1.165, 1.54) is 32.2 Å². The molecule has 0 fully saturated rings. The van der Waals surface area contributed by atoms with Gasteiger partial charge in [-0.1, -0.05) is 11.6 Å². The summed E-state index contributed by atoms with van der Waals surface area (Å²) in [7, 11) is 1.46.